The van der Waals surface area contributed by atoms with Crippen LogP contribution in [0, 0.1) is 5.92 Å². The molecular formula is C12H21N3O5. The number of amides is 3. The third-order valence-corrected chi connectivity index (χ3v) is 3.08. The molecule has 1 fully saturated rings. The van der Waals surface area contributed by atoms with Crippen LogP contribution in [0.5, 0.6) is 0 Å². The van der Waals surface area contributed by atoms with Gasteiger partial charge in [0.25, 0.3) is 0 Å². The van der Waals surface area contributed by atoms with Crippen molar-refractivity contribution in [2.24, 2.45) is 5.92 Å². The van der Waals surface area contributed by atoms with E-state index in [1.54, 1.807) is 13.8 Å². The highest BCUT2D eigenvalue weighted by Crippen LogP contribution is 2.14. The third kappa shape index (κ3) is 4.37. The topological polar surface area (TPSA) is 108 Å². The summed E-state index contributed by atoms with van der Waals surface area (Å²) in [6.07, 6.45) is 0. The number of carboxylic acid groups (broad SMARTS) is 1. The lowest BCUT2D eigenvalue weighted by molar-refractivity contribution is -0.142. The molecule has 0 saturated carbocycles. The monoisotopic (exact) mass is 287 g/mol. The first kappa shape index (κ1) is 16.2. The molecule has 1 rings (SSSR count). The highest BCUT2D eigenvalue weighted by molar-refractivity contribution is 5.84. The van der Waals surface area contributed by atoms with E-state index < -0.39 is 24.0 Å². The first-order valence-electron chi connectivity index (χ1n) is 6.62. The van der Waals surface area contributed by atoms with Crippen LogP contribution >= 0.6 is 0 Å². The summed E-state index contributed by atoms with van der Waals surface area (Å²) in [6.45, 7) is 4.59. The van der Waals surface area contributed by atoms with Gasteiger partial charge in [0.1, 0.15) is 12.5 Å². The predicted molar refractivity (Wildman–Crippen MR) is 70.2 cm³/mol. The highest BCUT2D eigenvalue weighted by Gasteiger charge is 2.35. The molecule has 0 aliphatic carbocycles. The molecule has 1 aliphatic rings. The van der Waals surface area contributed by atoms with Gasteiger partial charge in [-0.25, -0.2) is 4.79 Å². The van der Waals surface area contributed by atoms with Crippen LogP contribution in [0.1, 0.15) is 13.8 Å². The lowest BCUT2D eigenvalue weighted by atomic mass is 10.0. The Morgan fingerprint density at radius 1 is 1.30 bits per heavy atom. The average Bonchev–Trinajstić information content (AvgIpc) is 2.84. The number of urea groups is 1. The maximum absolute atomic E-state index is 12.0. The van der Waals surface area contributed by atoms with E-state index in [0.717, 1.165) is 0 Å². The number of aliphatic carboxylic acids is 1. The normalized spacial score (nSPS) is 21.3. The Labute approximate surface area is 117 Å². The van der Waals surface area contributed by atoms with E-state index in [1.807, 2.05) is 0 Å². The van der Waals surface area contributed by atoms with Gasteiger partial charge in [-0.05, 0) is 13.8 Å². The maximum Gasteiger partial charge on any atom is 0.318 e. The van der Waals surface area contributed by atoms with E-state index in [4.69, 9.17) is 9.84 Å². The van der Waals surface area contributed by atoms with Crippen LogP contribution < -0.4 is 10.6 Å². The summed E-state index contributed by atoms with van der Waals surface area (Å²) in [5.74, 6) is -2.00. The standard InChI is InChI=1S/C12H21N3O5/c1-3-13-10(16)5-15(4-2)12(19)14-9-7-20-6-8(9)11(17)18/h8-9H,3-7H2,1-2H3,(H,13,16)(H,14,19)(H,17,18). The molecule has 0 bridgehead atoms. The molecule has 20 heavy (non-hydrogen) atoms. The van der Waals surface area contributed by atoms with Crippen molar-refractivity contribution >= 4 is 17.9 Å². The minimum atomic E-state index is -1.00. The zero-order valence-corrected chi connectivity index (χ0v) is 11.7. The van der Waals surface area contributed by atoms with E-state index in [2.05, 4.69) is 10.6 Å². The van der Waals surface area contributed by atoms with Gasteiger partial charge in [0.05, 0.1) is 19.3 Å². The number of hydrogen-bond donors (Lipinski definition) is 3. The van der Waals surface area contributed by atoms with Crippen LogP contribution in [-0.2, 0) is 14.3 Å². The molecule has 3 amide bonds. The Hall–Kier alpha value is -1.83. The van der Waals surface area contributed by atoms with E-state index in [-0.39, 0.29) is 25.7 Å². The fourth-order valence-corrected chi connectivity index (χ4v) is 1.94. The van der Waals surface area contributed by atoms with Crippen LogP contribution in [0.25, 0.3) is 0 Å². The van der Waals surface area contributed by atoms with Crippen molar-refractivity contribution in [2.45, 2.75) is 19.9 Å². The molecule has 2 unspecified atom stereocenters. The summed E-state index contributed by atoms with van der Waals surface area (Å²) in [5, 5.41) is 14.2. The fourth-order valence-electron chi connectivity index (χ4n) is 1.94. The van der Waals surface area contributed by atoms with Gasteiger partial charge < -0.3 is 25.4 Å². The zero-order chi connectivity index (χ0) is 15.1. The molecule has 0 aromatic heterocycles. The van der Waals surface area contributed by atoms with Crippen molar-refractivity contribution in [1.29, 1.82) is 0 Å². The van der Waals surface area contributed by atoms with Gasteiger partial charge in [0.2, 0.25) is 5.91 Å². The van der Waals surface area contributed by atoms with Crippen LogP contribution in [0.2, 0.25) is 0 Å². The maximum atomic E-state index is 12.0. The number of carbonyl (C=O) groups is 3. The average molecular weight is 287 g/mol. The third-order valence-electron chi connectivity index (χ3n) is 3.08. The smallest absolute Gasteiger partial charge is 0.318 e. The molecule has 8 heteroatoms. The summed E-state index contributed by atoms with van der Waals surface area (Å²) < 4.78 is 5.07. The Kier molecular flexibility index (Phi) is 6.23. The molecule has 8 nitrogen and oxygen atoms in total. The molecule has 1 aliphatic heterocycles. The predicted octanol–water partition coefficient (Wildman–Crippen LogP) is -0.746. The molecule has 0 spiro atoms. The molecular weight excluding hydrogens is 266 g/mol. The van der Waals surface area contributed by atoms with E-state index in [9.17, 15) is 14.4 Å². The number of ether oxygens (including phenoxy) is 1. The van der Waals surface area contributed by atoms with Crippen molar-refractivity contribution in [3.05, 3.63) is 0 Å². The first-order chi connectivity index (χ1) is 9.49. The Balaban J connectivity index is 2.54. The Morgan fingerprint density at radius 2 is 2.00 bits per heavy atom. The number of nitrogens with one attached hydrogen (secondary N) is 2. The fraction of sp³-hybridized carbons (Fsp3) is 0.750. The van der Waals surface area contributed by atoms with Crippen molar-refractivity contribution in [3.63, 3.8) is 0 Å². The summed E-state index contributed by atoms with van der Waals surface area (Å²) in [4.78, 5) is 35.8. The lowest BCUT2D eigenvalue weighted by Gasteiger charge is -2.24. The van der Waals surface area contributed by atoms with E-state index in [1.165, 1.54) is 4.90 Å². The number of rotatable bonds is 6. The number of nitrogens with zero attached hydrogens (tertiary/aromatic N) is 1. The second kappa shape index (κ2) is 7.68. The van der Waals surface area contributed by atoms with Crippen LogP contribution in [0.4, 0.5) is 4.79 Å². The molecule has 3 N–H and O–H groups in total. The van der Waals surface area contributed by atoms with Crippen LogP contribution in [-0.4, -0.2) is 66.8 Å². The molecule has 1 saturated heterocycles. The van der Waals surface area contributed by atoms with Crippen molar-refractivity contribution in [2.75, 3.05) is 32.8 Å². The number of carboxylic acids is 1. The van der Waals surface area contributed by atoms with Gasteiger partial charge >= 0.3 is 12.0 Å². The number of likely N-dealkylation sites (N-methyl/N-ethyl adjacent to an activating group) is 2. The van der Waals surface area contributed by atoms with Gasteiger partial charge in [0, 0.05) is 13.1 Å². The van der Waals surface area contributed by atoms with E-state index in [0.29, 0.717) is 13.1 Å². The first-order valence-corrected chi connectivity index (χ1v) is 6.62. The summed E-state index contributed by atoms with van der Waals surface area (Å²) in [5.41, 5.74) is 0. The summed E-state index contributed by atoms with van der Waals surface area (Å²) >= 11 is 0. The molecule has 2 atom stereocenters. The van der Waals surface area contributed by atoms with Crippen LogP contribution in [0.15, 0.2) is 0 Å². The van der Waals surface area contributed by atoms with Gasteiger partial charge in [-0.15, -0.1) is 0 Å². The second-order valence-electron chi connectivity index (χ2n) is 4.51. The minimum Gasteiger partial charge on any atom is -0.481 e. The molecule has 0 aromatic rings. The van der Waals surface area contributed by atoms with Crippen molar-refractivity contribution in [3.8, 4) is 0 Å². The largest absolute Gasteiger partial charge is 0.481 e. The van der Waals surface area contributed by atoms with Gasteiger partial charge in [0.15, 0.2) is 0 Å². The molecule has 0 radical (unpaired) electrons. The number of carbonyl (C=O) groups excluding carboxylic acids is 2. The van der Waals surface area contributed by atoms with Crippen LogP contribution in [0.3, 0.4) is 0 Å². The van der Waals surface area contributed by atoms with Crippen molar-refractivity contribution in [1.82, 2.24) is 15.5 Å². The second-order valence-corrected chi connectivity index (χ2v) is 4.51. The Morgan fingerprint density at radius 3 is 2.55 bits per heavy atom. The van der Waals surface area contributed by atoms with Gasteiger partial charge in [-0.2, -0.15) is 0 Å². The molecule has 0 aromatic carbocycles. The Bertz CT molecular complexity index is 374. The zero-order valence-electron chi connectivity index (χ0n) is 11.7. The highest BCUT2D eigenvalue weighted by atomic mass is 16.5. The SMILES string of the molecule is CCNC(=O)CN(CC)C(=O)NC1COCC1C(=O)O. The quantitative estimate of drug-likeness (QED) is 0.596. The van der Waals surface area contributed by atoms with E-state index >= 15 is 0 Å². The summed E-state index contributed by atoms with van der Waals surface area (Å²) in [7, 11) is 0. The van der Waals surface area contributed by atoms with Crippen molar-refractivity contribution < 1.29 is 24.2 Å². The lowest BCUT2D eigenvalue weighted by Crippen LogP contribution is -2.51. The van der Waals surface area contributed by atoms with Gasteiger partial charge in [-0.1, -0.05) is 0 Å². The molecule has 1 heterocycles. The number of hydrogen-bond acceptors (Lipinski definition) is 4. The minimum absolute atomic E-state index is 0.0541. The summed E-state index contributed by atoms with van der Waals surface area (Å²) in [6, 6.07) is -1.02. The van der Waals surface area contributed by atoms with Gasteiger partial charge in [-0.3, -0.25) is 9.59 Å². The molecule has 114 valence electrons.